The molecule has 1 aliphatic rings. The Balaban J connectivity index is 0.00000156. The molecule has 1 fully saturated rings. The number of halogens is 2. The third kappa shape index (κ3) is 5.12. The number of hydrogen-bond donors (Lipinski definition) is 2. The molecule has 0 bridgehead atoms. The summed E-state index contributed by atoms with van der Waals surface area (Å²) in [7, 11) is 0. The van der Waals surface area contributed by atoms with Gasteiger partial charge in [-0.1, -0.05) is 0 Å². The van der Waals surface area contributed by atoms with Crippen molar-refractivity contribution in [3.63, 3.8) is 0 Å². The molecule has 3 N–H and O–H groups in total. The number of pyridine rings is 1. The van der Waals surface area contributed by atoms with Crippen molar-refractivity contribution in [1.82, 2.24) is 15.3 Å². The van der Waals surface area contributed by atoms with Crippen LogP contribution in [0.1, 0.15) is 17.8 Å². The van der Waals surface area contributed by atoms with E-state index in [1.54, 1.807) is 12.4 Å². The second kappa shape index (κ2) is 10.0. The monoisotopic (exact) mass is 404 g/mol. The van der Waals surface area contributed by atoms with Gasteiger partial charge in [-0.15, -0.1) is 36.2 Å². The zero-order valence-corrected chi connectivity index (χ0v) is 16.1. The molecule has 0 aromatic carbocycles. The molecule has 9 heteroatoms. The third-order valence-electron chi connectivity index (χ3n) is 4.25. The first-order chi connectivity index (χ1) is 11.2. The van der Waals surface area contributed by atoms with E-state index in [0.29, 0.717) is 39.1 Å². The maximum atomic E-state index is 12.5. The highest BCUT2D eigenvalue weighted by Crippen LogP contribution is 2.29. The summed E-state index contributed by atoms with van der Waals surface area (Å²) in [6, 6.07) is 3.84. The van der Waals surface area contributed by atoms with Crippen molar-refractivity contribution < 1.29 is 9.53 Å². The van der Waals surface area contributed by atoms with Crippen molar-refractivity contribution >= 4 is 42.1 Å². The van der Waals surface area contributed by atoms with Crippen molar-refractivity contribution in [2.45, 2.75) is 19.4 Å². The van der Waals surface area contributed by atoms with Gasteiger partial charge in [0.25, 0.3) is 0 Å². The molecular formula is C16H22Cl2N4O2S. The van der Waals surface area contributed by atoms with E-state index in [9.17, 15) is 4.79 Å². The predicted octanol–water partition coefficient (Wildman–Crippen LogP) is 2.42. The van der Waals surface area contributed by atoms with Crippen molar-refractivity contribution in [3.05, 3.63) is 34.9 Å². The van der Waals surface area contributed by atoms with E-state index in [0.717, 1.165) is 16.3 Å². The maximum absolute atomic E-state index is 12.5. The highest BCUT2D eigenvalue weighted by atomic mass is 35.5. The van der Waals surface area contributed by atoms with Gasteiger partial charge < -0.3 is 15.8 Å². The Bertz CT molecular complexity index is 663. The van der Waals surface area contributed by atoms with Gasteiger partial charge in [0.15, 0.2) is 0 Å². The van der Waals surface area contributed by atoms with Gasteiger partial charge in [0.2, 0.25) is 5.91 Å². The number of nitrogens with one attached hydrogen (secondary N) is 1. The van der Waals surface area contributed by atoms with Crippen LogP contribution >= 0.6 is 36.2 Å². The molecule has 138 valence electrons. The zero-order valence-electron chi connectivity index (χ0n) is 13.6. The van der Waals surface area contributed by atoms with E-state index in [1.165, 1.54) is 11.3 Å². The molecule has 0 radical (unpaired) electrons. The normalized spacial score (nSPS) is 15.6. The number of nitrogens with zero attached hydrogens (tertiary/aromatic N) is 2. The summed E-state index contributed by atoms with van der Waals surface area (Å²) in [6.45, 7) is 1.96. The van der Waals surface area contributed by atoms with Crippen molar-refractivity contribution in [2.75, 3.05) is 19.8 Å². The van der Waals surface area contributed by atoms with E-state index in [4.69, 9.17) is 10.5 Å². The second-order valence-electron chi connectivity index (χ2n) is 5.64. The third-order valence-corrected chi connectivity index (χ3v) is 5.10. The largest absolute Gasteiger partial charge is 0.381 e. The van der Waals surface area contributed by atoms with Crippen LogP contribution in [-0.2, 0) is 16.1 Å². The summed E-state index contributed by atoms with van der Waals surface area (Å²) in [4.78, 5) is 21.1. The fraction of sp³-hybridized carbons (Fsp3) is 0.438. The minimum Gasteiger partial charge on any atom is -0.381 e. The average molecular weight is 405 g/mol. The summed E-state index contributed by atoms with van der Waals surface area (Å²) in [5.74, 6) is 0.00367. The summed E-state index contributed by atoms with van der Waals surface area (Å²) in [5.41, 5.74) is 7.28. The van der Waals surface area contributed by atoms with E-state index >= 15 is 0 Å². The van der Waals surface area contributed by atoms with Crippen molar-refractivity contribution in [1.29, 1.82) is 0 Å². The molecule has 0 unspecified atom stereocenters. The van der Waals surface area contributed by atoms with Gasteiger partial charge in [-0.25, -0.2) is 4.98 Å². The molecular weight excluding hydrogens is 383 g/mol. The lowest BCUT2D eigenvalue weighted by Crippen LogP contribution is -2.48. The Kier molecular flexibility index (Phi) is 8.75. The van der Waals surface area contributed by atoms with Gasteiger partial charge in [0.05, 0.1) is 17.7 Å². The average Bonchev–Trinajstić information content (AvgIpc) is 3.10. The lowest BCUT2D eigenvalue weighted by atomic mass is 9.79. The Labute approximate surface area is 163 Å². The number of rotatable bonds is 5. The van der Waals surface area contributed by atoms with Crippen molar-refractivity contribution in [2.24, 2.45) is 11.1 Å². The molecule has 2 aromatic rings. The van der Waals surface area contributed by atoms with Gasteiger partial charge >= 0.3 is 0 Å². The number of carbonyl (C=O) groups is 1. The Morgan fingerprint density at radius 2 is 1.96 bits per heavy atom. The van der Waals surface area contributed by atoms with Gasteiger partial charge in [-0.2, -0.15) is 0 Å². The topological polar surface area (TPSA) is 90.1 Å². The van der Waals surface area contributed by atoms with Crippen LogP contribution in [0.3, 0.4) is 0 Å². The van der Waals surface area contributed by atoms with Crippen LogP contribution in [0.15, 0.2) is 29.9 Å². The first kappa shape index (κ1) is 21.8. The number of ether oxygens (including phenoxy) is 1. The predicted molar refractivity (Wildman–Crippen MR) is 103 cm³/mol. The van der Waals surface area contributed by atoms with Gasteiger partial charge in [-0.3, -0.25) is 9.78 Å². The van der Waals surface area contributed by atoms with Crippen LogP contribution in [0.2, 0.25) is 0 Å². The highest BCUT2D eigenvalue weighted by molar-refractivity contribution is 7.09. The Morgan fingerprint density at radius 1 is 1.28 bits per heavy atom. The fourth-order valence-corrected chi connectivity index (χ4v) is 3.42. The number of amides is 1. The second-order valence-corrected chi connectivity index (χ2v) is 6.58. The SMILES string of the molecule is Cl.Cl.NCC1(C(=O)NCc2nc(-c3ccncc3)cs2)CCOCC1. The molecule has 2 aromatic heterocycles. The molecule has 1 aliphatic heterocycles. The zero-order chi connectivity index (χ0) is 16.1. The molecule has 0 aliphatic carbocycles. The summed E-state index contributed by atoms with van der Waals surface area (Å²) in [5, 5.41) is 5.86. The Morgan fingerprint density at radius 3 is 2.60 bits per heavy atom. The minimum atomic E-state index is -0.497. The number of nitrogens with two attached hydrogens (primary N) is 1. The molecule has 1 saturated heterocycles. The number of carbonyl (C=O) groups excluding carboxylic acids is 1. The fourth-order valence-electron chi connectivity index (χ4n) is 2.68. The lowest BCUT2D eigenvalue weighted by Gasteiger charge is -2.34. The van der Waals surface area contributed by atoms with Crippen LogP contribution in [0.5, 0.6) is 0 Å². The minimum absolute atomic E-state index is 0. The summed E-state index contributed by atoms with van der Waals surface area (Å²) in [6.07, 6.45) is 4.84. The highest BCUT2D eigenvalue weighted by Gasteiger charge is 2.38. The summed E-state index contributed by atoms with van der Waals surface area (Å²) < 4.78 is 5.34. The van der Waals surface area contributed by atoms with Crippen LogP contribution in [0.25, 0.3) is 11.3 Å². The Hall–Kier alpha value is -1.25. The number of hydrogen-bond acceptors (Lipinski definition) is 6. The van der Waals surface area contributed by atoms with Crippen LogP contribution < -0.4 is 11.1 Å². The summed E-state index contributed by atoms with van der Waals surface area (Å²) >= 11 is 1.54. The van der Waals surface area contributed by atoms with Gasteiger partial charge in [0.1, 0.15) is 5.01 Å². The van der Waals surface area contributed by atoms with E-state index in [-0.39, 0.29) is 30.7 Å². The first-order valence-electron chi connectivity index (χ1n) is 7.64. The smallest absolute Gasteiger partial charge is 0.228 e. The molecule has 3 heterocycles. The maximum Gasteiger partial charge on any atom is 0.228 e. The number of thiazole rings is 1. The molecule has 6 nitrogen and oxygen atoms in total. The van der Waals surface area contributed by atoms with Crippen LogP contribution in [-0.4, -0.2) is 35.6 Å². The number of aromatic nitrogens is 2. The molecule has 0 saturated carbocycles. The quantitative estimate of drug-likeness (QED) is 0.798. The van der Waals surface area contributed by atoms with Gasteiger partial charge in [-0.05, 0) is 25.0 Å². The molecule has 0 spiro atoms. The lowest BCUT2D eigenvalue weighted by molar-refractivity contribution is -0.136. The van der Waals surface area contributed by atoms with Crippen molar-refractivity contribution in [3.8, 4) is 11.3 Å². The molecule has 0 atom stereocenters. The van der Waals surface area contributed by atoms with Crippen LogP contribution in [0.4, 0.5) is 0 Å². The van der Waals surface area contributed by atoms with Gasteiger partial charge in [0, 0.05) is 43.1 Å². The first-order valence-corrected chi connectivity index (χ1v) is 8.52. The molecule has 25 heavy (non-hydrogen) atoms. The molecule has 1 amide bonds. The van der Waals surface area contributed by atoms with E-state index < -0.39 is 5.41 Å². The standard InChI is InChI=1S/C16H20N4O2S.2ClH/c17-11-16(3-7-22-8-4-16)15(21)19-9-14-20-13(10-23-14)12-1-5-18-6-2-12;;/h1-2,5-6,10H,3-4,7-9,11,17H2,(H,19,21);2*1H. The van der Waals surface area contributed by atoms with E-state index in [1.807, 2.05) is 17.5 Å². The van der Waals surface area contributed by atoms with Crippen LogP contribution in [0, 0.1) is 5.41 Å². The van der Waals surface area contributed by atoms with E-state index in [2.05, 4.69) is 15.3 Å². The molecule has 3 rings (SSSR count).